The molecule has 0 atom stereocenters. The molecule has 0 radical (unpaired) electrons. The third-order valence-corrected chi connectivity index (χ3v) is 5.60. The molecule has 0 spiro atoms. The third-order valence-electron chi connectivity index (χ3n) is 4.07. The molecule has 0 aliphatic carbocycles. The molecule has 0 bridgehead atoms. The lowest BCUT2D eigenvalue weighted by molar-refractivity contribution is 0.223. The highest BCUT2D eigenvalue weighted by Crippen LogP contribution is 2.17. The van der Waals surface area contributed by atoms with Gasteiger partial charge in [-0.3, -0.25) is 4.79 Å². The molecular weight excluding hydrogens is 452 g/mol. The van der Waals surface area contributed by atoms with Crippen molar-refractivity contribution in [1.82, 2.24) is 19.9 Å². The summed E-state index contributed by atoms with van der Waals surface area (Å²) < 4.78 is 0. The fourth-order valence-electron chi connectivity index (χ4n) is 2.72. The van der Waals surface area contributed by atoms with Crippen molar-refractivity contribution in [1.29, 1.82) is 0 Å². The van der Waals surface area contributed by atoms with Gasteiger partial charge in [-0.15, -0.1) is 0 Å². The Morgan fingerprint density at radius 2 is 1.58 bits per heavy atom. The van der Waals surface area contributed by atoms with Crippen LogP contribution in [0.1, 0.15) is 59.9 Å². The molecule has 33 heavy (non-hydrogen) atoms. The number of aromatic nitrogens is 3. The Morgan fingerprint density at radius 3 is 2.09 bits per heavy atom. The number of benzene rings is 1. The van der Waals surface area contributed by atoms with Crippen molar-refractivity contribution < 1.29 is 4.79 Å². The minimum Gasteiger partial charge on any atom is -0.354 e. The van der Waals surface area contributed by atoms with Gasteiger partial charge in [0.25, 0.3) is 5.24 Å². The van der Waals surface area contributed by atoms with Crippen LogP contribution in [-0.2, 0) is 5.75 Å². The molecule has 0 aliphatic heterocycles. The summed E-state index contributed by atoms with van der Waals surface area (Å²) in [5, 5.41) is 7.26. The molecule has 2 N–H and O–H groups in total. The van der Waals surface area contributed by atoms with Gasteiger partial charge in [-0.2, -0.15) is 15.0 Å². The first kappa shape index (κ1) is 29.0. The van der Waals surface area contributed by atoms with Gasteiger partial charge in [-0.05, 0) is 52.4 Å². The van der Waals surface area contributed by atoms with Gasteiger partial charge in [0.2, 0.25) is 11.9 Å². The Labute approximate surface area is 208 Å². The first-order valence-corrected chi connectivity index (χ1v) is 13.7. The van der Waals surface area contributed by atoms with Crippen LogP contribution < -0.4 is 10.6 Å². The normalized spacial score (nSPS) is 10.8. The maximum atomic E-state index is 12.0. The van der Waals surface area contributed by atoms with Gasteiger partial charge in [-0.1, -0.05) is 67.7 Å². The maximum Gasteiger partial charge on any atom is 0.281 e. The smallest absolute Gasteiger partial charge is 0.281 e. The van der Waals surface area contributed by atoms with Crippen LogP contribution in [0, 0.1) is 0 Å². The second kappa shape index (κ2) is 15.8. The number of hydrogen-bond acceptors (Lipinski definition) is 8. The lowest BCUT2D eigenvalue weighted by atomic mass is 10.1. The summed E-state index contributed by atoms with van der Waals surface area (Å²) in [7, 11) is 0. The molecule has 0 aliphatic rings. The fourth-order valence-corrected chi connectivity index (χ4v) is 3.92. The summed E-state index contributed by atoms with van der Waals surface area (Å²) in [5.41, 5.74) is 1.15. The molecule has 0 saturated heterocycles. The minimum absolute atomic E-state index is 0.0550. The van der Waals surface area contributed by atoms with Gasteiger partial charge >= 0.3 is 0 Å². The molecule has 9 heteroatoms. The van der Waals surface area contributed by atoms with Crippen LogP contribution in [0.3, 0.4) is 0 Å². The van der Waals surface area contributed by atoms with E-state index in [0.29, 0.717) is 11.9 Å². The summed E-state index contributed by atoms with van der Waals surface area (Å²) in [6.45, 7) is 15.0. The van der Waals surface area contributed by atoms with E-state index in [2.05, 4.69) is 72.3 Å². The number of rotatable bonds is 10. The molecule has 1 aromatic heterocycles. The SMILES string of the molecule is CCCN(CCC)C(=O)SCc1ccccc1.CCNc1nc(NC(C)(C)C)nc(SC)n1. The van der Waals surface area contributed by atoms with Crippen molar-refractivity contribution in [2.45, 2.75) is 70.8 Å². The van der Waals surface area contributed by atoms with Crippen LogP contribution >= 0.6 is 23.5 Å². The molecule has 7 nitrogen and oxygen atoms in total. The van der Waals surface area contributed by atoms with Gasteiger partial charge in [-0.25, -0.2) is 0 Å². The molecule has 1 aromatic carbocycles. The lowest BCUT2D eigenvalue weighted by Crippen LogP contribution is -2.29. The van der Waals surface area contributed by atoms with Crippen LogP contribution in [0.25, 0.3) is 0 Å². The van der Waals surface area contributed by atoms with Gasteiger partial charge in [0.1, 0.15) is 0 Å². The van der Waals surface area contributed by atoms with Crippen molar-refractivity contribution in [2.75, 3.05) is 36.5 Å². The highest BCUT2D eigenvalue weighted by Gasteiger charge is 2.13. The van der Waals surface area contributed by atoms with Crippen molar-refractivity contribution >= 4 is 40.7 Å². The van der Waals surface area contributed by atoms with E-state index < -0.39 is 0 Å². The zero-order chi connectivity index (χ0) is 24.7. The largest absolute Gasteiger partial charge is 0.354 e. The lowest BCUT2D eigenvalue weighted by Gasteiger charge is -2.20. The standard InChI is InChI=1S/C14H21NOS.C10H19N5S/c1-3-10-15(11-4-2)14(16)17-12-13-8-6-5-7-9-13;1-6-11-7-12-8(15-10(2,3)4)14-9(13-7)16-5/h5-9H,3-4,10-12H2,1-2H3;6H2,1-5H3,(H2,11,12,13,14,15). The molecule has 2 aromatic rings. The monoisotopic (exact) mass is 492 g/mol. The van der Waals surface area contributed by atoms with E-state index in [0.717, 1.165) is 43.4 Å². The number of anilines is 2. The van der Waals surface area contributed by atoms with Gasteiger partial charge in [0.05, 0.1) is 0 Å². The summed E-state index contributed by atoms with van der Waals surface area (Å²) >= 11 is 2.91. The molecule has 0 fully saturated rings. The van der Waals surface area contributed by atoms with Crippen LogP contribution in [0.4, 0.5) is 16.7 Å². The van der Waals surface area contributed by atoms with E-state index in [1.165, 1.54) is 29.1 Å². The number of carbonyl (C=O) groups is 1. The van der Waals surface area contributed by atoms with Crippen LogP contribution in [-0.4, -0.2) is 56.5 Å². The molecule has 1 heterocycles. The van der Waals surface area contributed by atoms with Crippen LogP contribution in [0.5, 0.6) is 0 Å². The third kappa shape index (κ3) is 12.7. The predicted octanol–water partition coefficient (Wildman–Crippen LogP) is 6.40. The number of hydrogen-bond donors (Lipinski definition) is 2. The van der Waals surface area contributed by atoms with Crippen LogP contribution in [0.15, 0.2) is 35.5 Å². The minimum atomic E-state index is -0.0550. The Balaban J connectivity index is 0.000000331. The van der Waals surface area contributed by atoms with Gasteiger partial charge in [0.15, 0.2) is 5.16 Å². The Morgan fingerprint density at radius 1 is 0.970 bits per heavy atom. The van der Waals surface area contributed by atoms with Crippen molar-refractivity contribution in [3.8, 4) is 0 Å². The summed E-state index contributed by atoms with van der Waals surface area (Å²) in [5.74, 6) is 2.00. The maximum absolute atomic E-state index is 12.0. The molecule has 0 unspecified atom stereocenters. The molecule has 1 amide bonds. The van der Waals surface area contributed by atoms with Crippen LogP contribution in [0.2, 0.25) is 0 Å². The average molecular weight is 493 g/mol. The van der Waals surface area contributed by atoms with Crippen molar-refractivity contribution in [3.63, 3.8) is 0 Å². The molecule has 2 rings (SSSR count). The van der Waals surface area contributed by atoms with Crippen molar-refractivity contribution in [3.05, 3.63) is 35.9 Å². The van der Waals surface area contributed by atoms with Crippen molar-refractivity contribution in [2.24, 2.45) is 0 Å². The average Bonchev–Trinajstić information content (AvgIpc) is 2.77. The summed E-state index contributed by atoms with van der Waals surface area (Å²) in [4.78, 5) is 26.8. The van der Waals surface area contributed by atoms with E-state index in [-0.39, 0.29) is 10.8 Å². The highest BCUT2D eigenvalue weighted by molar-refractivity contribution is 8.12. The fraction of sp³-hybridized carbons (Fsp3) is 0.583. The Bertz CT molecular complexity index is 808. The zero-order valence-corrected chi connectivity index (χ0v) is 22.8. The topological polar surface area (TPSA) is 83.0 Å². The Hall–Kier alpha value is -2.00. The quantitative estimate of drug-likeness (QED) is 0.369. The second-order valence-electron chi connectivity index (χ2n) is 8.40. The van der Waals surface area contributed by atoms with E-state index in [9.17, 15) is 4.79 Å². The van der Waals surface area contributed by atoms with E-state index in [1.54, 1.807) is 0 Å². The predicted molar refractivity (Wildman–Crippen MR) is 144 cm³/mol. The number of nitrogens with zero attached hydrogens (tertiary/aromatic N) is 4. The number of thioether (sulfide) groups is 2. The summed E-state index contributed by atoms with van der Waals surface area (Å²) in [6, 6.07) is 10.1. The molecule has 184 valence electrons. The van der Waals surface area contributed by atoms with E-state index in [1.807, 2.05) is 36.3 Å². The van der Waals surface area contributed by atoms with E-state index in [4.69, 9.17) is 0 Å². The first-order valence-electron chi connectivity index (χ1n) is 11.5. The first-order chi connectivity index (χ1) is 15.7. The zero-order valence-electron chi connectivity index (χ0n) is 21.1. The second-order valence-corrected chi connectivity index (χ2v) is 10.1. The molecule has 0 saturated carbocycles. The summed E-state index contributed by atoms with van der Waals surface area (Å²) in [6.07, 6.45) is 4.00. The highest BCUT2D eigenvalue weighted by atomic mass is 32.2. The Kier molecular flexibility index (Phi) is 13.9. The number of carbonyl (C=O) groups excluding carboxylic acids is 1. The van der Waals surface area contributed by atoms with Gasteiger partial charge < -0.3 is 15.5 Å². The van der Waals surface area contributed by atoms with Gasteiger partial charge in [0, 0.05) is 30.9 Å². The van der Waals surface area contributed by atoms with E-state index >= 15 is 0 Å². The molecular formula is C24H40N6OS2. The number of nitrogens with one attached hydrogen (secondary N) is 2. The number of amides is 1.